The molecule has 0 bridgehead atoms. The van der Waals surface area contributed by atoms with Crippen molar-refractivity contribution in [3.8, 4) is 0 Å². The first-order valence-corrected chi connectivity index (χ1v) is 4.76. The SMILES string of the molecule is CC(C)(C)[C@H]1CCC[C@H](N)C1. The molecule has 11 heavy (non-hydrogen) atoms. The minimum absolute atomic E-state index is 0.470. The topological polar surface area (TPSA) is 26.0 Å². The Morgan fingerprint density at radius 2 is 1.82 bits per heavy atom. The summed E-state index contributed by atoms with van der Waals surface area (Å²) >= 11 is 0. The van der Waals surface area contributed by atoms with E-state index in [2.05, 4.69) is 20.8 Å². The maximum Gasteiger partial charge on any atom is 0.00416 e. The highest BCUT2D eigenvalue weighted by Crippen LogP contribution is 2.36. The van der Waals surface area contributed by atoms with Crippen LogP contribution in [-0.2, 0) is 0 Å². The highest BCUT2D eigenvalue weighted by atomic mass is 14.6. The van der Waals surface area contributed by atoms with Crippen molar-refractivity contribution in [3.05, 3.63) is 0 Å². The Morgan fingerprint density at radius 1 is 1.18 bits per heavy atom. The highest BCUT2D eigenvalue weighted by molar-refractivity contribution is 4.82. The van der Waals surface area contributed by atoms with E-state index in [0.29, 0.717) is 11.5 Å². The number of rotatable bonds is 0. The quantitative estimate of drug-likeness (QED) is 0.571. The van der Waals surface area contributed by atoms with E-state index in [1.165, 1.54) is 25.7 Å². The van der Waals surface area contributed by atoms with E-state index in [1.807, 2.05) is 0 Å². The van der Waals surface area contributed by atoms with Gasteiger partial charge in [0.2, 0.25) is 0 Å². The fraction of sp³-hybridized carbons (Fsp3) is 1.00. The van der Waals surface area contributed by atoms with E-state index in [1.54, 1.807) is 0 Å². The zero-order chi connectivity index (χ0) is 8.48. The van der Waals surface area contributed by atoms with Crippen LogP contribution in [0.3, 0.4) is 0 Å². The molecule has 2 atom stereocenters. The van der Waals surface area contributed by atoms with Crippen LogP contribution in [0.2, 0.25) is 0 Å². The first-order chi connectivity index (χ1) is 5.00. The molecule has 0 amide bonds. The van der Waals surface area contributed by atoms with Gasteiger partial charge in [0.15, 0.2) is 0 Å². The van der Waals surface area contributed by atoms with Gasteiger partial charge in [-0.3, -0.25) is 0 Å². The Bertz CT molecular complexity index is 123. The van der Waals surface area contributed by atoms with Crippen molar-refractivity contribution in [1.29, 1.82) is 0 Å². The average Bonchev–Trinajstić information content (AvgIpc) is 1.86. The van der Waals surface area contributed by atoms with Gasteiger partial charge in [-0.05, 0) is 30.6 Å². The molecule has 1 fully saturated rings. The molecule has 1 aliphatic rings. The van der Waals surface area contributed by atoms with E-state index >= 15 is 0 Å². The molecule has 1 aliphatic carbocycles. The molecule has 0 aromatic heterocycles. The summed E-state index contributed by atoms with van der Waals surface area (Å²) < 4.78 is 0. The van der Waals surface area contributed by atoms with Crippen LogP contribution in [0.5, 0.6) is 0 Å². The molecule has 0 radical (unpaired) electrons. The molecule has 1 saturated carbocycles. The molecule has 1 rings (SSSR count). The van der Waals surface area contributed by atoms with E-state index in [9.17, 15) is 0 Å². The van der Waals surface area contributed by atoms with Crippen LogP contribution in [0.1, 0.15) is 46.5 Å². The third kappa shape index (κ3) is 2.48. The molecule has 0 aromatic carbocycles. The second kappa shape index (κ2) is 3.14. The van der Waals surface area contributed by atoms with Crippen LogP contribution in [0.25, 0.3) is 0 Å². The third-order valence-electron chi connectivity index (χ3n) is 2.94. The summed E-state index contributed by atoms with van der Waals surface area (Å²) in [6.45, 7) is 6.99. The molecular weight excluding hydrogens is 134 g/mol. The van der Waals surface area contributed by atoms with Crippen LogP contribution in [0.4, 0.5) is 0 Å². The van der Waals surface area contributed by atoms with Crippen molar-refractivity contribution < 1.29 is 0 Å². The first kappa shape index (κ1) is 9.05. The second-order valence-corrected chi connectivity index (χ2v) is 4.99. The first-order valence-electron chi connectivity index (χ1n) is 4.76. The van der Waals surface area contributed by atoms with Gasteiger partial charge >= 0.3 is 0 Å². The van der Waals surface area contributed by atoms with Gasteiger partial charge in [-0.2, -0.15) is 0 Å². The lowest BCUT2D eigenvalue weighted by atomic mass is 9.71. The van der Waals surface area contributed by atoms with Gasteiger partial charge < -0.3 is 5.73 Å². The van der Waals surface area contributed by atoms with E-state index in [0.717, 1.165) is 5.92 Å². The van der Waals surface area contributed by atoms with Crippen LogP contribution in [-0.4, -0.2) is 6.04 Å². The summed E-state index contributed by atoms with van der Waals surface area (Å²) in [7, 11) is 0. The lowest BCUT2D eigenvalue weighted by Gasteiger charge is -2.36. The van der Waals surface area contributed by atoms with Crippen LogP contribution in [0.15, 0.2) is 0 Å². The Balaban J connectivity index is 2.46. The summed E-state index contributed by atoms with van der Waals surface area (Å²) in [5, 5.41) is 0. The lowest BCUT2D eigenvalue weighted by molar-refractivity contribution is 0.166. The molecule has 0 heterocycles. The second-order valence-electron chi connectivity index (χ2n) is 4.99. The zero-order valence-corrected chi connectivity index (χ0v) is 8.06. The predicted octanol–water partition coefficient (Wildman–Crippen LogP) is 2.55. The minimum atomic E-state index is 0.470. The summed E-state index contributed by atoms with van der Waals surface area (Å²) in [5.41, 5.74) is 6.39. The monoisotopic (exact) mass is 155 g/mol. The summed E-state index contributed by atoms with van der Waals surface area (Å²) in [6.07, 6.45) is 5.20. The molecule has 1 heteroatoms. The molecule has 0 unspecified atom stereocenters. The zero-order valence-electron chi connectivity index (χ0n) is 8.06. The average molecular weight is 155 g/mol. The summed E-state index contributed by atoms with van der Waals surface area (Å²) in [6, 6.07) is 0.480. The molecule has 0 aromatic rings. The van der Waals surface area contributed by atoms with Gasteiger partial charge in [-0.25, -0.2) is 0 Å². The molecule has 1 nitrogen and oxygen atoms in total. The fourth-order valence-electron chi connectivity index (χ4n) is 2.01. The van der Waals surface area contributed by atoms with Crippen molar-refractivity contribution in [1.82, 2.24) is 0 Å². The van der Waals surface area contributed by atoms with E-state index in [4.69, 9.17) is 5.73 Å². The summed E-state index contributed by atoms with van der Waals surface area (Å²) in [4.78, 5) is 0. The Labute approximate surface area is 70.4 Å². The van der Waals surface area contributed by atoms with Crippen molar-refractivity contribution in [3.63, 3.8) is 0 Å². The minimum Gasteiger partial charge on any atom is -0.328 e. The molecule has 66 valence electrons. The van der Waals surface area contributed by atoms with Gasteiger partial charge in [-0.15, -0.1) is 0 Å². The van der Waals surface area contributed by atoms with E-state index in [-0.39, 0.29) is 0 Å². The smallest absolute Gasteiger partial charge is 0.00416 e. The predicted molar refractivity (Wildman–Crippen MR) is 49.4 cm³/mol. The lowest BCUT2D eigenvalue weighted by Crippen LogP contribution is -2.33. The number of hydrogen-bond donors (Lipinski definition) is 1. The Hall–Kier alpha value is -0.0400. The Kier molecular flexibility index (Phi) is 2.58. The largest absolute Gasteiger partial charge is 0.328 e. The molecule has 2 N–H and O–H groups in total. The maximum absolute atomic E-state index is 5.92. The van der Waals surface area contributed by atoms with Crippen molar-refractivity contribution in [2.45, 2.75) is 52.5 Å². The Morgan fingerprint density at radius 3 is 2.18 bits per heavy atom. The van der Waals surface area contributed by atoms with Crippen LogP contribution in [0, 0.1) is 11.3 Å². The van der Waals surface area contributed by atoms with E-state index < -0.39 is 0 Å². The standard InChI is InChI=1S/C10H21N/c1-10(2,3)8-5-4-6-9(11)7-8/h8-9H,4-7,11H2,1-3H3/t8-,9-/m0/s1. The summed E-state index contributed by atoms with van der Waals surface area (Å²) in [5.74, 6) is 0.853. The number of nitrogens with two attached hydrogens (primary N) is 1. The van der Waals surface area contributed by atoms with Gasteiger partial charge in [0.1, 0.15) is 0 Å². The maximum atomic E-state index is 5.92. The van der Waals surface area contributed by atoms with Gasteiger partial charge in [-0.1, -0.05) is 27.2 Å². The third-order valence-corrected chi connectivity index (χ3v) is 2.94. The van der Waals surface area contributed by atoms with Gasteiger partial charge in [0.05, 0.1) is 0 Å². The highest BCUT2D eigenvalue weighted by Gasteiger charge is 2.28. The normalized spacial score (nSPS) is 33.8. The molecule has 0 spiro atoms. The van der Waals surface area contributed by atoms with Crippen molar-refractivity contribution in [2.75, 3.05) is 0 Å². The van der Waals surface area contributed by atoms with Crippen LogP contribution < -0.4 is 5.73 Å². The molecule has 0 saturated heterocycles. The van der Waals surface area contributed by atoms with Crippen molar-refractivity contribution >= 4 is 0 Å². The van der Waals surface area contributed by atoms with Gasteiger partial charge in [0.25, 0.3) is 0 Å². The van der Waals surface area contributed by atoms with Crippen LogP contribution >= 0.6 is 0 Å². The fourth-order valence-corrected chi connectivity index (χ4v) is 2.01. The van der Waals surface area contributed by atoms with Gasteiger partial charge in [0, 0.05) is 6.04 Å². The molecular formula is C10H21N. The van der Waals surface area contributed by atoms with Crippen molar-refractivity contribution in [2.24, 2.45) is 17.1 Å². The molecule has 0 aliphatic heterocycles. The number of hydrogen-bond acceptors (Lipinski definition) is 1.